The lowest BCUT2D eigenvalue weighted by atomic mass is 10.4. The molecule has 0 amide bonds. The molecule has 1 atom stereocenters. The molecule has 0 aliphatic carbocycles. The lowest BCUT2D eigenvalue weighted by molar-refractivity contribution is 0.113. The van der Waals surface area contributed by atoms with Crippen molar-refractivity contribution in [2.75, 3.05) is 26.1 Å². The Kier molecular flexibility index (Phi) is 5.40. The lowest BCUT2D eigenvalue weighted by Gasteiger charge is -2.09. The Morgan fingerprint density at radius 1 is 1.45 bits per heavy atom. The van der Waals surface area contributed by atoms with Gasteiger partial charge in [-0.1, -0.05) is 11.8 Å². The van der Waals surface area contributed by atoms with Crippen molar-refractivity contribution in [1.29, 1.82) is 0 Å². The molecule has 2 heterocycles. The molecule has 9 nitrogen and oxygen atoms in total. The molecule has 0 aliphatic heterocycles. The monoisotopic (exact) mass is 330 g/mol. The summed E-state index contributed by atoms with van der Waals surface area (Å²) in [5.41, 5.74) is -0.511. The number of ether oxygens (including phenoxy) is 1. The van der Waals surface area contributed by atoms with Crippen LogP contribution < -0.4 is 11.2 Å². The minimum Gasteiger partial charge on any atom is -0.394 e. The summed E-state index contributed by atoms with van der Waals surface area (Å²) >= 11 is 1.20. The van der Waals surface area contributed by atoms with E-state index in [1.54, 1.807) is 11.7 Å². The molecule has 0 saturated carbocycles. The summed E-state index contributed by atoms with van der Waals surface area (Å²) < 4.78 is 7.93. The Morgan fingerprint density at radius 2 is 2.18 bits per heavy atom. The van der Waals surface area contributed by atoms with Crippen LogP contribution >= 0.6 is 11.8 Å². The molecule has 2 aromatic rings. The molecule has 0 radical (unpaired) electrons. The van der Waals surface area contributed by atoms with E-state index in [4.69, 9.17) is 9.84 Å². The van der Waals surface area contributed by atoms with Gasteiger partial charge in [0.25, 0.3) is 5.56 Å². The van der Waals surface area contributed by atoms with Gasteiger partial charge in [0, 0.05) is 26.5 Å². The predicted molar refractivity (Wildman–Crippen MR) is 81.3 cm³/mol. The summed E-state index contributed by atoms with van der Waals surface area (Å²) in [6.45, 7) is 0.389. The van der Waals surface area contributed by atoms with Gasteiger partial charge in [0.2, 0.25) is 0 Å². The zero-order chi connectivity index (χ0) is 16.3. The van der Waals surface area contributed by atoms with Crippen LogP contribution in [0, 0.1) is 0 Å². The van der Waals surface area contributed by atoms with Crippen LogP contribution in [0.1, 0.15) is 0 Å². The molecule has 2 aromatic heterocycles. The molecule has 10 heteroatoms. The Labute approximate surface area is 129 Å². The molecule has 22 heavy (non-hydrogen) atoms. The van der Waals surface area contributed by atoms with E-state index in [9.17, 15) is 14.7 Å². The standard InChI is InChI=1S/C12H18N4O5S/c1-15-9-8(10(19)14-11(15)20)16(3-4-21-2)12(13-9)22-6-7(18)5-17/h7,17-18H,3-6H2,1-2H3,(H,14,19,20)/t7-/m1/s1. The number of hydrogen-bond donors (Lipinski definition) is 3. The molecule has 0 bridgehead atoms. The Morgan fingerprint density at radius 3 is 2.82 bits per heavy atom. The third-order valence-corrected chi connectivity index (χ3v) is 4.23. The number of aromatic nitrogens is 4. The second kappa shape index (κ2) is 7.09. The first-order chi connectivity index (χ1) is 10.5. The van der Waals surface area contributed by atoms with Crippen LogP contribution in [0.15, 0.2) is 14.7 Å². The first-order valence-corrected chi connectivity index (χ1v) is 7.58. The second-order valence-electron chi connectivity index (χ2n) is 4.68. The van der Waals surface area contributed by atoms with Gasteiger partial charge in [0.15, 0.2) is 16.3 Å². The maximum absolute atomic E-state index is 12.1. The van der Waals surface area contributed by atoms with Gasteiger partial charge in [-0.15, -0.1) is 0 Å². The van der Waals surface area contributed by atoms with Gasteiger partial charge in [0.1, 0.15) is 0 Å². The van der Waals surface area contributed by atoms with Gasteiger partial charge in [-0.25, -0.2) is 9.78 Å². The van der Waals surface area contributed by atoms with E-state index in [0.717, 1.165) is 0 Å². The maximum Gasteiger partial charge on any atom is 0.329 e. The highest BCUT2D eigenvalue weighted by Gasteiger charge is 2.18. The summed E-state index contributed by atoms with van der Waals surface area (Å²) in [6, 6.07) is 0. The van der Waals surface area contributed by atoms with E-state index >= 15 is 0 Å². The van der Waals surface area contributed by atoms with E-state index in [1.165, 1.54) is 23.4 Å². The summed E-state index contributed by atoms with van der Waals surface area (Å²) in [7, 11) is 3.06. The highest BCUT2D eigenvalue weighted by molar-refractivity contribution is 7.99. The highest BCUT2D eigenvalue weighted by Crippen LogP contribution is 2.22. The smallest absolute Gasteiger partial charge is 0.329 e. The first-order valence-electron chi connectivity index (χ1n) is 6.59. The molecule has 0 fully saturated rings. The van der Waals surface area contributed by atoms with E-state index in [-0.39, 0.29) is 23.5 Å². The second-order valence-corrected chi connectivity index (χ2v) is 5.66. The van der Waals surface area contributed by atoms with Gasteiger partial charge in [-0.05, 0) is 0 Å². The summed E-state index contributed by atoms with van der Waals surface area (Å²) in [6.07, 6.45) is -0.886. The third kappa shape index (κ3) is 3.24. The van der Waals surface area contributed by atoms with E-state index in [0.29, 0.717) is 18.3 Å². The van der Waals surface area contributed by atoms with Crippen LogP contribution in [0.25, 0.3) is 11.2 Å². The first kappa shape index (κ1) is 16.7. The fourth-order valence-corrected chi connectivity index (χ4v) is 2.87. The number of aromatic amines is 1. The normalized spacial score (nSPS) is 12.9. The topological polar surface area (TPSA) is 122 Å². The van der Waals surface area contributed by atoms with E-state index in [2.05, 4.69) is 9.97 Å². The minimum absolute atomic E-state index is 0.221. The van der Waals surface area contributed by atoms with Crippen LogP contribution in [0.4, 0.5) is 0 Å². The van der Waals surface area contributed by atoms with E-state index in [1.807, 2.05) is 0 Å². The van der Waals surface area contributed by atoms with Crippen LogP contribution in [0.3, 0.4) is 0 Å². The summed E-state index contributed by atoms with van der Waals surface area (Å²) in [5.74, 6) is 0.221. The number of rotatable bonds is 7. The van der Waals surface area contributed by atoms with Crippen molar-refractivity contribution >= 4 is 22.9 Å². The van der Waals surface area contributed by atoms with Crippen LogP contribution in [-0.2, 0) is 18.3 Å². The quantitative estimate of drug-likeness (QED) is 0.529. The Balaban J connectivity index is 2.54. The zero-order valence-corrected chi connectivity index (χ0v) is 13.1. The molecule has 2 rings (SSSR count). The number of nitrogens with one attached hydrogen (secondary N) is 1. The highest BCUT2D eigenvalue weighted by atomic mass is 32.2. The number of imidazole rings is 1. The molecule has 0 aromatic carbocycles. The van der Waals surface area contributed by atoms with Crippen molar-refractivity contribution < 1.29 is 14.9 Å². The van der Waals surface area contributed by atoms with Crippen molar-refractivity contribution in [3.05, 3.63) is 20.8 Å². The van der Waals surface area contributed by atoms with Crippen molar-refractivity contribution in [3.8, 4) is 0 Å². The number of thioether (sulfide) groups is 1. The number of aryl methyl sites for hydroxylation is 1. The Bertz CT molecular complexity index is 765. The molecule has 0 saturated heterocycles. The Hall–Kier alpha value is -1.62. The van der Waals surface area contributed by atoms with Crippen LogP contribution in [-0.4, -0.2) is 61.5 Å². The van der Waals surface area contributed by atoms with Gasteiger partial charge in [-0.3, -0.25) is 14.3 Å². The number of hydrogen-bond acceptors (Lipinski definition) is 7. The number of H-pyrrole nitrogens is 1. The van der Waals surface area contributed by atoms with Gasteiger partial charge >= 0.3 is 5.69 Å². The van der Waals surface area contributed by atoms with Crippen LogP contribution in [0.5, 0.6) is 0 Å². The van der Waals surface area contributed by atoms with Crippen molar-refractivity contribution in [3.63, 3.8) is 0 Å². The molecule has 0 unspecified atom stereocenters. The SMILES string of the molecule is COCCn1c(SC[C@H](O)CO)nc2c1c(=O)[nH]c(=O)n2C. The summed E-state index contributed by atoms with van der Waals surface area (Å²) in [4.78, 5) is 30.3. The minimum atomic E-state index is -0.886. The number of fused-ring (bicyclic) bond motifs is 1. The number of methoxy groups -OCH3 is 1. The van der Waals surface area contributed by atoms with Crippen molar-refractivity contribution in [1.82, 2.24) is 19.1 Å². The lowest BCUT2D eigenvalue weighted by Crippen LogP contribution is -2.29. The predicted octanol–water partition coefficient (Wildman–Crippen LogP) is -1.48. The van der Waals surface area contributed by atoms with Crippen molar-refractivity contribution in [2.24, 2.45) is 7.05 Å². The molecular weight excluding hydrogens is 312 g/mol. The molecule has 122 valence electrons. The molecule has 0 spiro atoms. The number of nitrogens with zero attached hydrogens (tertiary/aromatic N) is 3. The van der Waals surface area contributed by atoms with Gasteiger partial charge in [-0.2, -0.15) is 0 Å². The van der Waals surface area contributed by atoms with Crippen LogP contribution in [0.2, 0.25) is 0 Å². The molecule has 3 N–H and O–H groups in total. The average molecular weight is 330 g/mol. The number of aliphatic hydroxyl groups excluding tert-OH is 2. The molecule has 0 aliphatic rings. The van der Waals surface area contributed by atoms with Crippen molar-refractivity contribution in [2.45, 2.75) is 17.8 Å². The third-order valence-electron chi connectivity index (χ3n) is 3.11. The summed E-state index contributed by atoms with van der Waals surface area (Å²) in [5, 5.41) is 18.8. The fourth-order valence-electron chi connectivity index (χ4n) is 1.94. The van der Waals surface area contributed by atoms with Gasteiger partial charge < -0.3 is 19.5 Å². The fraction of sp³-hybridized carbons (Fsp3) is 0.583. The molecular formula is C12H18N4O5S. The zero-order valence-electron chi connectivity index (χ0n) is 12.3. The number of aliphatic hydroxyl groups is 2. The van der Waals surface area contributed by atoms with Gasteiger partial charge in [0.05, 0.1) is 19.3 Å². The maximum atomic E-state index is 12.1. The average Bonchev–Trinajstić information content (AvgIpc) is 2.87. The van der Waals surface area contributed by atoms with E-state index < -0.39 is 17.4 Å². The largest absolute Gasteiger partial charge is 0.394 e.